The van der Waals surface area contributed by atoms with E-state index >= 15 is 0 Å². The highest BCUT2D eigenvalue weighted by atomic mass is 35.5. The highest BCUT2D eigenvalue weighted by molar-refractivity contribution is 7.08. The van der Waals surface area contributed by atoms with Crippen molar-refractivity contribution >= 4 is 28.0 Å². The largest absolute Gasteiger partial charge is 0.193 e. The molecule has 1 rings (SSSR count). The molecule has 0 radical (unpaired) electrons. The van der Waals surface area contributed by atoms with E-state index in [4.69, 9.17) is 16.9 Å². The van der Waals surface area contributed by atoms with Gasteiger partial charge in [0.15, 0.2) is 0 Å². The van der Waals surface area contributed by atoms with Gasteiger partial charge >= 0.3 is 0 Å². The maximum absolute atomic E-state index is 8.52. The molecule has 0 amide bonds. The second-order valence-electron chi connectivity index (χ2n) is 2.06. The standard InChI is InChI=1S/C8H6ClNS/c1-6(4-10)8(9)7-2-3-11-5-7/h2-3,5H,1H3. The number of nitrogens with zero attached hydrogens (tertiary/aromatic N) is 1. The van der Waals surface area contributed by atoms with Crippen LogP contribution in [0.2, 0.25) is 0 Å². The summed E-state index contributed by atoms with van der Waals surface area (Å²) in [5.74, 6) is 0. The molecule has 0 atom stereocenters. The molecule has 56 valence electrons. The average molecular weight is 184 g/mol. The number of thiophene rings is 1. The van der Waals surface area contributed by atoms with Crippen molar-refractivity contribution in [3.05, 3.63) is 28.0 Å². The van der Waals surface area contributed by atoms with Gasteiger partial charge in [0, 0.05) is 11.1 Å². The van der Waals surface area contributed by atoms with E-state index in [0.29, 0.717) is 10.6 Å². The fraction of sp³-hybridized carbons (Fsp3) is 0.125. The normalized spacial score (nSPS) is 12.1. The smallest absolute Gasteiger partial charge is 0.0959 e. The first-order valence-corrected chi connectivity index (χ1v) is 4.37. The molecule has 0 fully saturated rings. The Labute approximate surface area is 74.5 Å². The Morgan fingerprint density at radius 3 is 2.91 bits per heavy atom. The molecule has 0 spiro atoms. The summed E-state index contributed by atoms with van der Waals surface area (Å²) in [5.41, 5.74) is 1.49. The van der Waals surface area contributed by atoms with Crippen LogP contribution in [0.1, 0.15) is 12.5 Å². The lowest BCUT2D eigenvalue weighted by atomic mass is 10.2. The van der Waals surface area contributed by atoms with Gasteiger partial charge in [0.05, 0.1) is 11.1 Å². The molecule has 1 heterocycles. The fourth-order valence-electron chi connectivity index (χ4n) is 0.655. The molecule has 0 saturated heterocycles. The molecular weight excluding hydrogens is 178 g/mol. The zero-order valence-electron chi connectivity index (χ0n) is 5.97. The Morgan fingerprint density at radius 2 is 2.45 bits per heavy atom. The van der Waals surface area contributed by atoms with E-state index in [1.165, 1.54) is 0 Å². The minimum Gasteiger partial charge on any atom is -0.193 e. The first-order valence-electron chi connectivity index (χ1n) is 3.04. The summed E-state index contributed by atoms with van der Waals surface area (Å²) in [6, 6.07) is 3.90. The van der Waals surface area contributed by atoms with E-state index in [1.54, 1.807) is 18.3 Å². The molecule has 0 aliphatic heterocycles. The molecule has 11 heavy (non-hydrogen) atoms. The van der Waals surface area contributed by atoms with Crippen LogP contribution < -0.4 is 0 Å². The Morgan fingerprint density at radius 1 is 1.73 bits per heavy atom. The van der Waals surface area contributed by atoms with Crippen LogP contribution in [-0.2, 0) is 0 Å². The van der Waals surface area contributed by atoms with Gasteiger partial charge in [0.25, 0.3) is 0 Å². The SMILES string of the molecule is CC(C#N)=C(Cl)c1ccsc1. The molecule has 1 aromatic heterocycles. The Balaban J connectivity index is 3.05. The second-order valence-corrected chi connectivity index (χ2v) is 3.22. The van der Waals surface area contributed by atoms with Crippen molar-refractivity contribution in [2.75, 3.05) is 0 Å². The van der Waals surface area contributed by atoms with E-state index in [2.05, 4.69) is 0 Å². The molecular formula is C8H6ClNS. The van der Waals surface area contributed by atoms with Crippen molar-refractivity contribution in [2.24, 2.45) is 0 Å². The monoisotopic (exact) mass is 183 g/mol. The van der Waals surface area contributed by atoms with E-state index in [-0.39, 0.29) is 0 Å². The number of allylic oxidation sites excluding steroid dienone is 1. The summed E-state index contributed by atoms with van der Waals surface area (Å²) < 4.78 is 0. The van der Waals surface area contributed by atoms with Gasteiger partial charge < -0.3 is 0 Å². The van der Waals surface area contributed by atoms with Crippen molar-refractivity contribution in [2.45, 2.75) is 6.92 Å². The predicted octanol–water partition coefficient (Wildman–Crippen LogP) is 3.24. The minimum absolute atomic E-state index is 0.550. The summed E-state index contributed by atoms with van der Waals surface area (Å²) in [6.45, 7) is 1.71. The minimum atomic E-state index is 0.550. The van der Waals surface area contributed by atoms with Crippen LogP contribution in [0.25, 0.3) is 5.03 Å². The molecule has 3 heteroatoms. The van der Waals surface area contributed by atoms with Gasteiger partial charge in [-0.2, -0.15) is 16.6 Å². The van der Waals surface area contributed by atoms with Gasteiger partial charge in [-0.05, 0) is 23.8 Å². The van der Waals surface area contributed by atoms with Crippen LogP contribution in [0.5, 0.6) is 0 Å². The quantitative estimate of drug-likeness (QED) is 0.614. The Hall–Kier alpha value is -0.780. The number of halogens is 1. The summed E-state index contributed by atoms with van der Waals surface area (Å²) >= 11 is 7.43. The highest BCUT2D eigenvalue weighted by Gasteiger charge is 2.01. The third-order valence-electron chi connectivity index (χ3n) is 1.27. The molecule has 1 aromatic rings. The van der Waals surface area contributed by atoms with E-state index in [0.717, 1.165) is 5.56 Å². The highest BCUT2D eigenvalue weighted by Crippen LogP contribution is 2.24. The number of rotatable bonds is 1. The third-order valence-corrected chi connectivity index (χ3v) is 2.46. The summed E-state index contributed by atoms with van der Waals surface area (Å²) in [4.78, 5) is 0. The van der Waals surface area contributed by atoms with Crippen molar-refractivity contribution in [3.63, 3.8) is 0 Å². The topological polar surface area (TPSA) is 23.8 Å². The number of nitriles is 1. The van der Waals surface area contributed by atoms with Gasteiger partial charge in [-0.1, -0.05) is 11.6 Å². The fourth-order valence-corrected chi connectivity index (χ4v) is 1.53. The summed E-state index contributed by atoms with van der Waals surface area (Å²) in [6.07, 6.45) is 0. The lowest BCUT2D eigenvalue weighted by Crippen LogP contribution is -1.75. The number of hydrogen-bond donors (Lipinski definition) is 0. The van der Waals surface area contributed by atoms with Crippen LogP contribution in [0.3, 0.4) is 0 Å². The van der Waals surface area contributed by atoms with E-state index in [9.17, 15) is 0 Å². The van der Waals surface area contributed by atoms with Crippen molar-refractivity contribution in [1.29, 1.82) is 5.26 Å². The van der Waals surface area contributed by atoms with E-state index in [1.807, 2.05) is 22.9 Å². The molecule has 0 aromatic carbocycles. The first kappa shape index (κ1) is 8.32. The summed E-state index contributed by atoms with van der Waals surface area (Å²) in [5, 5.41) is 12.9. The lowest BCUT2D eigenvalue weighted by Gasteiger charge is -1.92. The molecule has 0 aliphatic carbocycles. The van der Waals surface area contributed by atoms with Crippen molar-refractivity contribution in [3.8, 4) is 6.07 Å². The van der Waals surface area contributed by atoms with Gasteiger partial charge in [-0.3, -0.25) is 0 Å². The maximum atomic E-state index is 8.52. The average Bonchev–Trinajstić information content (AvgIpc) is 2.53. The van der Waals surface area contributed by atoms with Crippen molar-refractivity contribution < 1.29 is 0 Å². The van der Waals surface area contributed by atoms with Gasteiger partial charge in [-0.25, -0.2) is 0 Å². The molecule has 0 unspecified atom stereocenters. The second kappa shape index (κ2) is 3.56. The van der Waals surface area contributed by atoms with Crippen LogP contribution in [0.15, 0.2) is 22.4 Å². The molecule has 0 saturated carbocycles. The van der Waals surface area contributed by atoms with Crippen LogP contribution in [0, 0.1) is 11.3 Å². The zero-order chi connectivity index (χ0) is 8.27. The van der Waals surface area contributed by atoms with Gasteiger partial charge in [0.2, 0.25) is 0 Å². The van der Waals surface area contributed by atoms with E-state index < -0.39 is 0 Å². The first-order chi connectivity index (χ1) is 5.25. The lowest BCUT2D eigenvalue weighted by molar-refractivity contribution is 1.45. The molecule has 0 N–H and O–H groups in total. The molecule has 1 nitrogen and oxygen atoms in total. The number of hydrogen-bond acceptors (Lipinski definition) is 2. The molecule has 0 aliphatic rings. The molecule has 0 bridgehead atoms. The summed E-state index contributed by atoms with van der Waals surface area (Å²) in [7, 11) is 0. The Bertz CT molecular complexity index is 305. The van der Waals surface area contributed by atoms with Crippen LogP contribution >= 0.6 is 22.9 Å². The predicted molar refractivity (Wildman–Crippen MR) is 48.4 cm³/mol. The van der Waals surface area contributed by atoms with Crippen LogP contribution in [-0.4, -0.2) is 0 Å². The zero-order valence-corrected chi connectivity index (χ0v) is 7.54. The third kappa shape index (κ3) is 1.83. The Kier molecular flexibility index (Phi) is 2.70. The van der Waals surface area contributed by atoms with Crippen molar-refractivity contribution in [1.82, 2.24) is 0 Å². The van der Waals surface area contributed by atoms with Gasteiger partial charge in [-0.15, -0.1) is 0 Å². The van der Waals surface area contributed by atoms with Gasteiger partial charge in [0.1, 0.15) is 0 Å². The maximum Gasteiger partial charge on any atom is 0.0959 e. The van der Waals surface area contributed by atoms with Crippen LogP contribution in [0.4, 0.5) is 0 Å².